The van der Waals surface area contributed by atoms with Gasteiger partial charge in [-0.05, 0) is 17.7 Å². The molecule has 0 aromatic heterocycles. The molecule has 0 atom stereocenters. The average Bonchev–Trinajstić information content (AvgIpc) is 2.60. The second-order valence-electron chi connectivity index (χ2n) is 4.72. The molecular formula is C19H16O4. The van der Waals surface area contributed by atoms with E-state index in [1.54, 1.807) is 30.3 Å². The molecule has 0 heterocycles. The number of carbonyl (C=O) groups is 2. The molecule has 0 N–H and O–H groups in total. The topological polar surface area (TPSA) is 52.6 Å². The average molecular weight is 308 g/mol. The molecule has 0 bridgehead atoms. The number of rotatable bonds is 6. The highest BCUT2D eigenvalue weighted by atomic mass is 16.5. The number of hydrogen-bond acceptors (Lipinski definition) is 4. The minimum atomic E-state index is -0.738. The van der Waals surface area contributed by atoms with Crippen molar-refractivity contribution >= 4 is 11.9 Å². The van der Waals surface area contributed by atoms with Crippen molar-refractivity contribution in [3.05, 3.63) is 90.5 Å². The molecule has 116 valence electrons. The summed E-state index contributed by atoms with van der Waals surface area (Å²) in [5, 5.41) is 0. The lowest BCUT2D eigenvalue weighted by molar-refractivity contribution is -0.141. The summed E-state index contributed by atoms with van der Waals surface area (Å²) in [6.45, 7) is 7.20. The normalized spacial score (nSPS) is 9.74. The molecule has 4 nitrogen and oxygen atoms in total. The molecule has 23 heavy (non-hydrogen) atoms. The van der Waals surface area contributed by atoms with Crippen molar-refractivity contribution in [2.75, 3.05) is 0 Å². The summed E-state index contributed by atoms with van der Waals surface area (Å²) < 4.78 is 10.2. The van der Waals surface area contributed by atoms with Gasteiger partial charge in [-0.15, -0.1) is 0 Å². The summed E-state index contributed by atoms with van der Waals surface area (Å²) in [6.07, 6.45) is 0. The Balaban J connectivity index is 1.89. The predicted octanol–water partition coefficient (Wildman–Crippen LogP) is 3.45. The van der Waals surface area contributed by atoms with Gasteiger partial charge in [0, 0.05) is 0 Å². The lowest BCUT2D eigenvalue weighted by Crippen LogP contribution is -2.17. The summed E-state index contributed by atoms with van der Waals surface area (Å²) >= 11 is 0. The number of para-hydroxylation sites is 1. The van der Waals surface area contributed by atoms with E-state index in [2.05, 4.69) is 13.2 Å². The zero-order valence-electron chi connectivity index (χ0n) is 12.5. The molecule has 0 amide bonds. The smallest absolute Gasteiger partial charge is 0.343 e. The highest BCUT2D eigenvalue weighted by Crippen LogP contribution is 2.15. The Morgan fingerprint density at radius 2 is 1.30 bits per heavy atom. The Morgan fingerprint density at radius 1 is 0.783 bits per heavy atom. The van der Waals surface area contributed by atoms with Gasteiger partial charge in [0.2, 0.25) is 0 Å². The Labute approximate surface area is 134 Å². The van der Waals surface area contributed by atoms with E-state index >= 15 is 0 Å². The van der Waals surface area contributed by atoms with Crippen molar-refractivity contribution in [2.24, 2.45) is 0 Å². The van der Waals surface area contributed by atoms with E-state index in [0.717, 1.165) is 5.56 Å². The van der Waals surface area contributed by atoms with Gasteiger partial charge >= 0.3 is 11.9 Å². The van der Waals surface area contributed by atoms with Gasteiger partial charge in [0.05, 0.1) is 11.1 Å². The number of benzene rings is 2. The molecule has 0 saturated carbocycles. The molecule has 0 aliphatic heterocycles. The van der Waals surface area contributed by atoms with Crippen LogP contribution in [-0.4, -0.2) is 11.9 Å². The summed E-state index contributed by atoms with van der Waals surface area (Å²) in [4.78, 5) is 23.9. The number of ether oxygens (including phenoxy) is 2. The lowest BCUT2D eigenvalue weighted by Gasteiger charge is -2.09. The molecule has 4 heteroatoms. The maximum absolute atomic E-state index is 11.9. The van der Waals surface area contributed by atoms with Crippen LogP contribution in [-0.2, 0) is 20.9 Å². The minimum absolute atomic E-state index is 0.0969. The first-order chi connectivity index (χ1) is 11.1. The molecule has 0 spiro atoms. The maximum atomic E-state index is 11.9. The number of esters is 2. The SMILES string of the molecule is C=C(C(=C)C(=O)Oc1ccccc1)C(=O)OCc1ccccc1. The predicted molar refractivity (Wildman–Crippen MR) is 86.6 cm³/mol. The molecular weight excluding hydrogens is 292 g/mol. The van der Waals surface area contributed by atoms with Gasteiger partial charge in [0.25, 0.3) is 0 Å². The second kappa shape index (κ2) is 7.75. The fourth-order valence-electron chi connectivity index (χ4n) is 1.71. The van der Waals surface area contributed by atoms with Crippen LogP contribution in [0.1, 0.15) is 5.56 Å². The first-order valence-corrected chi connectivity index (χ1v) is 6.94. The number of hydrogen-bond donors (Lipinski definition) is 0. The van der Waals surface area contributed by atoms with Crippen molar-refractivity contribution in [3.63, 3.8) is 0 Å². The van der Waals surface area contributed by atoms with Gasteiger partial charge in [0.1, 0.15) is 12.4 Å². The molecule has 2 rings (SSSR count). The lowest BCUT2D eigenvalue weighted by atomic mass is 10.1. The van der Waals surface area contributed by atoms with E-state index in [4.69, 9.17) is 9.47 Å². The summed E-state index contributed by atoms with van der Waals surface area (Å²) in [7, 11) is 0. The Hall–Kier alpha value is -3.14. The van der Waals surface area contributed by atoms with Crippen molar-refractivity contribution in [1.29, 1.82) is 0 Å². The van der Waals surface area contributed by atoms with E-state index in [-0.39, 0.29) is 17.8 Å². The standard InChI is InChI=1S/C19H16O4/c1-14(18(20)22-13-16-9-5-3-6-10-16)15(2)19(21)23-17-11-7-4-8-12-17/h3-12H,1-2,13H2. The zero-order valence-corrected chi connectivity index (χ0v) is 12.5. The van der Waals surface area contributed by atoms with Crippen LogP contribution in [0.2, 0.25) is 0 Å². The Morgan fingerprint density at radius 3 is 1.91 bits per heavy atom. The third kappa shape index (κ3) is 4.68. The zero-order chi connectivity index (χ0) is 16.7. The first-order valence-electron chi connectivity index (χ1n) is 6.94. The molecule has 0 aliphatic carbocycles. The van der Waals surface area contributed by atoms with Gasteiger partial charge in [-0.25, -0.2) is 9.59 Å². The minimum Gasteiger partial charge on any atom is -0.457 e. The van der Waals surface area contributed by atoms with Crippen molar-refractivity contribution in [3.8, 4) is 5.75 Å². The monoisotopic (exact) mass is 308 g/mol. The van der Waals surface area contributed by atoms with E-state index < -0.39 is 11.9 Å². The summed E-state index contributed by atoms with van der Waals surface area (Å²) in [6, 6.07) is 17.7. The van der Waals surface area contributed by atoms with Crippen LogP contribution in [0.25, 0.3) is 0 Å². The van der Waals surface area contributed by atoms with Crippen molar-refractivity contribution < 1.29 is 19.1 Å². The van der Waals surface area contributed by atoms with E-state index in [1.807, 2.05) is 30.3 Å². The summed E-state index contributed by atoms with van der Waals surface area (Å²) in [5.74, 6) is -1.08. The van der Waals surface area contributed by atoms with E-state index in [1.165, 1.54) is 0 Å². The highest BCUT2D eigenvalue weighted by Gasteiger charge is 2.20. The molecule has 0 radical (unpaired) electrons. The molecule has 0 fully saturated rings. The quantitative estimate of drug-likeness (QED) is 0.355. The largest absolute Gasteiger partial charge is 0.457 e. The molecule has 0 saturated heterocycles. The number of carbonyl (C=O) groups excluding carboxylic acids is 2. The van der Waals surface area contributed by atoms with Crippen LogP contribution in [0.4, 0.5) is 0 Å². The Bertz CT molecular complexity index is 718. The van der Waals surface area contributed by atoms with Crippen LogP contribution >= 0.6 is 0 Å². The van der Waals surface area contributed by atoms with E-state index in [9.17, 15) is 9.59 Å². The van der Waals surface area contributed by atoms with Crippen LogP contribution in [0.3, 0.4) is 0 Å². The van der Waals surface area contributed by atoms with Gasteiger partial charge < -0.3 is 9.47 Å². The van der Waals surface area contributed by atoms with Crippen LogP contribution < -0.4 is 4.74 Å². The van der Waals surface area contributed by atoms with Crippen molar-refractivity contribution in [2.45, 2.75) is 6.61 Å². The fourth-order valence-corrected chi connectivity index (χ4v) is 1.71. The van der Waals surface area contributed by atoms with Crippen molar-refractivity contribution in [1.82, 2.24) is 0 Å². The Kier molecular flexibility index (Phi) is 5.47. The summed E-state index contributed by atoms with van der Waals surface area (Å²) in [5.41, 5.74) is 0.583. The van der Waals surface area contributed by atoms with Gasteiger partial charge in [-0.3, -0.25) is 0 Å². The molecule has 2 aromatic rings. The highest BCUT2D eigenvalue weighted by molar-refractivity contribution is 6.06. The van der Waals surface area contributed by atoms with Crippen LogP contribution in [0.5, 0.6) is 5.75 Å². The molecule has 0 aliphatic rings. The van der Waals surface area contributed by atoms with Gasteiger partial charge in [0.15, 0.2) is 0 Å². The fraction of sp³-hybridized carbons (Fsp3) is 0.0526. The second-order valence-corrected chi connectivity index (χ2v) is 4.72. The van der Waals surface area contributed by atoms with E-state index in [0.29, 0.717) is 5.75 Å². The third-order valence-electron chi connectivity index (χ3n) is 3.02. The van der Waals surface area contributed by atoms with Gasteiger partial charge in [-0.2, -0.15) is 0 Å². The molecule has 2 aromatic carbocycles. The van der Waals surface area contributed by atoms with Gasteiger partial charge in [-0.1, -0.05) is 61.7 Å². The maximum Gasteiger partial charge on any atom is 0.343 e. The van der Waals surface area contributed by atoms with Crippen LogP contribution in [0.15, 0.2) is 85.0 Å². The van der Waals surface area contributed by atoms with Crippen LogP contribution in [0, 0.1) is 0 Å². The molecule has 0 unspecified atom stereocenters. The first kappa shape index (κ1) is 16.2. The third-order valence-corrected chi connectivity index (χ3v) is 3.02.